The number of nitrogens with zero attached hydrogens (tertiary/aromatic N) is 2. The summed E-state index contributed by atoms with van der Waals surface area (Å²) >= 11 is 1.41. The number of hydrogen-bond donors (Lipinski definition) is 0. The van der Waals surface area contributed by atoms with Crippen LogP contribution in [0.2, 0.25) is 0 Å². The van der Waals surface area contributed by atoms with Crippen LogP contribution in [0, 0.1) is 5.92 Å². The van der Waals surface area contributed by atoms with Crippen LogP contribution in [-0.2, 0) is 4.74 Å². The predicted molar refractivity (Wildman–Crippen MR) is 90.8 cm³/mol. The number of carbonyl (C=O) groups is 2. The summed E-state index contributed by atoms with van der Waals surface area (Å²) in [5.41, 5.74) is 1.63. The Morgan fingerprint density at radius 3 is 2.74 bits per heavy atom. The molecular weight excluding hydrogens is 312 g/mol. The van der Waals surface area contributed by atoms with Crippen molar-refractivity contribution in [1.29, 1.82) is 0 Å². The molecule has 1 aliphatic heterocycles. The molecule has 2 heterocycles. The zero-order valence-electron chi connectivity index (χ0n) is 14.4. The number of rotatable bonds is 4. The molecule has 0 bridgehead atoms. The van der Waals surface area contributed by atoms with E-state index in [1.54, 1.807) is 15.8 Å². The standard InChI is InChI=1S/C17H26N2O3S/c1-5-12-6-7-19(16(21)22-17(2,3)4)13(8-12)9-15(20)14-10-23-11-18-14/h10-13H,5-9H2,1-4H3. The molecule has 2 atom stereocenters. The van der Waals surface area contributed by atoms with Crippen LogP contribution in [0.25, 0.3) is 0 Å². The molecule has 1 saturated heterocycles. The van der Waals surface area contributed by atoms with Crippen molar-refractivity contribution in [3.05, 3.63) is 16.6 Å². The molecule has 1 amide bonds. The van der Waals surface area contributed by atoms with Crippen molar-refractivity contribution < 1.29 is 14.3 Å². The lowest BCUT2D eigenvalue weighted by atomic mass is 9.86. The Bertz CT molecular complexity index is 537. The zero-order chi connectivity index (χ0) is 17.0. The fraction of sp³-hybridized carbons (Fsp3) is 0.706. The average molecular weight is 338 g/mol. The molecule has 23 heavy (non-hydrogen) atoms. The van der Waals surface area contributed by atoms with E-state index in [-0.39, 0.29) is 17.9 Å². The van der Waals surface area contributed by atoms with Crippen LogP contribution in [0.1, 0.15) is 63.9 Å². The lowest BCUT2D eigenvalue weighted by Gasteiger charge is -2.39. The summed E-state index contributed by atoms with van der Waals surface area (Å²) < 4.78 is 5.51. The number of amides is 1. The normalized spacial score (nSPS) is 22.0. The van der Waals surface area contributed by atoms with Crippen molar-refractivity contribution in [3.8, 4) is 0 Å². The highest BCUT2D eigenvalue weighted by atomic mass is 32.1. The Balaban J connectivity index is 2.08. The number of likely N-dealkylation sites (tertiary alicyclic amines) is 1. The van der Waals surface area contributed by atoms with Gasteiger partial charge in [0.15, 0.2) is 5.78 Å². The van der Waals surface area contributed by atoms with Gasteiger partial charge in [-0.3, -0.25) is 4.79 Å². The third-order valence-corrected chi connectivity index (χ3v) is 4.76. The van der Waals surface area contributed by atoms with Gasteiger partial charge in [0.25, 0.3) is 0 Å². The first-order valence-electron chi connectivity index (χ1n) is 8.21. The predicted octanol–water partition coefficient (Wildman–Crippen LogP) is 4.14. The maximum atomic E-state index is 12.5. The largest absolute Gasteiger partial charge is 0.444 e. The van der Waals surface area contributed by atoms with Crippen LogP contribution in [0.5, 0.6) is 0 Å². The van der Waals surface area contributed by atoms with E-state index in [9.17, 15) is 9.59 Å². The van der Waals surface area contributed by atoms with Crippen molar-refractivity contribution in [2.75, 3.05) is 6.54 Å². The number of ether oxygens (including phenoxy) is 1. The van der Waals surface area contributed by atoms with Crippen LogP contribution in [-0.4, -0.2) is 39.9 Å². The van der Waals surface area contributed by atoms with E-state index in [2.05, 4.69) is 11.9 Å². The van der Waals surface area contributed by atoms with E-state index in [1.165, 1.54) is 11.3 Å². The van der Waals surface area contributed by atoms with Crippen LogP contribution in [0.3, 0.4) is 0 Å². The lowest BCUT2D eigenvalue weighted by Crippen LogP contribution is -2.48. The molecular formula is C17H26N2O3S. The molecule has 0 radical (unpaired) electrons. The van der Waals surface area contributed by atoms with E-state index in [1.807, 2.05) is 20.8 Å². The number of carbonyl (C=O) groups excluding carboxylic acids is 2. The minimum atomic E-state index is -0.526. The second-order valence-corrected chi connectivity index (χ2v) is 7.85. The second-order valence-electron chi connectivity index (χ2n) is 7.13. The number of hydrogen-bond acceptors (Lipinski definition) is 5. The molecule has 0 aliphatic carbocycles. The molecule has 2 rings (SSSR count). The summed E-state index contributed by atoms with van der Waals surface area (Å²) in [5, 5.41) is 1.76. The molecule has 0 saturated carbocycles. The number of thiazole rings is 1. The first-order chi connectivity index (χ1) is 10.8. The quantitative estimate of drug-likeness (QED) is 0.774. The van der Waals surface area contributed by atoms with E-state index < -0.39 is 5.60 Å². The molecule has 1 aliphatic rings. The van der Waals surface area contributed by atoms with Crippen LogP contribution in [0.15, 0.2) is 10.9 Å². The molecule has 0 N–H and O–H groups in total. The van der Waals surface area contributed by atoms with Gasteiger partial charge in [0.2, 0.25) is 0 Å². The summed E-state index contributed by atoms with van der Waals surface area (Å²) in [6.45, 7) is 8.40. The Kier molecular flexibility index (Phi) is 5.79. The molecule has 0 aromatic carbocycles. The molecule has 1 aromatic heterocycles. The second kappa shape index (κ2) is 7.43. The topological polar surface area (TPSA) is 59.5 Å². The van der Waals surface area contributed by atoms with Crippen LogP contribution in [0.4, 0.5) is 4.79 Å². The van der Waals surface area contributed by atoms with Crippen LogP contribution >= 0.6 is 11.3 Å². The van der Waals surface area contributed by atoms with Gasteiger partial charge >= 0.3 is 6.09 Å². The number of piperidine rings is 1. The third kappa shape index (κ3) is 5.03. The minimum absolute atomic E-state index is 0.00145. The van der Waals surface area contributed by atoms with E-state index in [0.29, 0.717) is 24.6 Å². The Morgan fingerprint density at radius 1 is 1.43 bits per heavy atom. The maximum Gasteiger partial charge on any atom is 0.410 e. The fourth-order valence-corrected chi connectivity index (χ4v) is 3.48. The van der Waals surface area contributed by atoms with Gasteiger partial charge in [0.1, 0.15) is 11.3 Å². The van der Waals surface area contributed by atoms with E-state index in [0.717, 1.165) is 19.3 Å². The molecule has 1 aromatic rings. The molecule has 5 nitrogen and oxygen atoms in total. The lowest BCUT2D eigenvalue weighted by molar-refractivity contribution is 0.00395. The molecule has 2 unspecified atom stereocenters. The monoisotopic (exact) mass is 338 g/mol. The Labute approximate surface area is 142 Å². The van der Waals surface area contributed by atoms with Gasteiger partial charge in [0, 0.05) is 24.4 Å². The SMILES string of the molecule is CCC1CCN(C(=O)OC(C)(C)C)C(CC(=O)c2cscn2)C1. The van der Waals surface area contributed by atoms with Crippen LogP contribution < -0.4 is 0 Å². The number of ketones is 1. The molecule has 6 heteroatoms. The summed E-state index contributed by atoms with van der Waals surface area (Å²) in [4.78, 5) is 30.7. The zero-order valence-corrected chi connectivity index (χ0v) is 15.2. The maximum absolute atomic E-state index is 12.5. The van der Waals surface area contributed by atoms with Gasteiger partial charge in [-0.05, 0) is 39.5 Å². The summed E-state index contributed by atoms with van der Waals surface area (Å²) in [6.07, 6.45) is 2.90. The van der Waals surface area contributed by atoms with Crippen molar-refractivity contribution in [2.45, 2.75) is 65.0 Å². The minimum Gasteiger partial charge on any atom is -0.444 e. The van der Waals surface area contributed by atoms with Gasteiger partial charge in [-0.25, -0.2) is 9.78 Å². The fourth-order valence-electron chi connectivity index (χ4n) is 2.93. The first-order valence-corrected chi connectivity index (χ1v) is 9.15. The van der Waals surface area contributed by atoms with Gasteiger partial charge in [-0.1, -0.05) is 13.3 Å². The summed E-state index contributed by atoms with van der Waals surface area (Å²) in [7, 11) is 0. The number of Topliss-reactive ketones (excluding diaryl/α,β-unsaturated/α-hetero) is 1. The average Bonchev–Trinajstić information content (AvgIpc) is 2.99. The van der Waals surface area contributed by atoms with Crippen molar-refractivity contribution >= 4 is 23.2 Å². The van der Waals surface area contributed by atoms with Crippen molar-refractivity contribution in [1.82, 2.24) is 9.88 Å². The molecule has 1 fully saturated rings. The highest BCUT2D eigenvalue weighted by molar-refractivity contribution is 7.07. The van der Waals surface area contributed by atoms with Crippen molar-refractivity contribution in [2.24, 2.45) is 5.92 Å². The van der Waals surface area contributed by atoms with E-state index >= 15 is 0 Å². The molecule has 0 spiro atoms. The first kappa shape index (κ1) is 17.9. The third-order valence-electron chi connectivity index (χ3n) is 4.17. The smallest absolute Gasteiger partial charge is 0.410 e. The van der Waals surface area contributed by atoms with Gasteiger partial charge in [0.05, 0.1) is 5.51 Å². The van der Waals surface area contributed by atoms with Gasteiger partial charge < -0.3 is 9.64 Å². The van der Waals surface area contributed by atoms with Gasteiger partial charge in [-0.2, -0.15) is 0 Å². The Hall–Kier alpha value is -1.43. The van der Waals surface area contributed by atoms with Crippen molar-refractivity contribution in [3.63, 3.8) is 0 Å². The highest BCUT2D eigenvalue weighted by Gasteiger charge is 2.35. The summed E-state index contributed by atoms with van der Waals surface area (Å²) in [6, 6.07) is -0.0993. The Morgan fingerprint density at radius 2 is 2.17 bits per heavy atom. The summed E-state index contributed by atoms with van der Waals surface area (Å²) in [5.74, 6) is 0.559. The van der Waals surface area contributed by atoms with Gasteiger partial charge in [-0.15, -0.1) is 11.3 Å². The molecule has 128 valence electrons. The highest BCUT2D eigenvalue weighted by Crippen LogP contribution is 2.29. The van der Waals surface area contributed by atoms with E-state index in [4.69, 9.17) is 4.74 Å². The number of aromatic nitrogens is 1.